The Morgan fingerprint density at radius 3 is 2.70 bits per heavy atom. The minimum atomic E-state index is 0.364. The van der Waals surface area contributed by atoms with Gasteiger partial charge in [-0.3, -0.25) is 0 Å². The fourth-order valence-corrected chi connectivity index (χ4v) is 2.67. The van der Waals surface area contributed by atoms with E-state index in [9.17, 15) is 0 Å². The molecule has 0 aliphatic heterocycles. The first-order chi connectivity index (χ1) is 11.4. The zero-order chi connectivity index (χ0) is 15.5. The van der Waals surface area contributed by atoms with Crippen LogP contribution in [0.1, 0.15) is 5.69 Å². The minimum Gasteiger partial charge on any atom is -0.459 e. The van der Waals surface area contributed by atoms with Crippen molar-refractivity contribution in [2.45, 2.75) is 11.0 Å². The molecular weight excluding hydrogens is 314 g/mol. The number of rotatable bonds is 5. The molecule has 0 unspecified atom stereocenters. The molecule has 0 bridgehead atoms. The molecule has 114 valence electrons. The van der Waals surface area contributed by atoms with E-state index < -0.39 is 0 Å². The van der Waals surface area contributed by atoms with Gasteiger partial charge in [0.2, 0.25) is 0 Å². The van der Waals surface area contributed by atoms with Crippen molar-refractivity contribution in [3.63, 3.8) is 0 Å². The molecule has 0 radical (unpaired) electrons. The van der Waals surface area contributed by atoms with Crippen LogP contribution < -0.4 is 0 Å². The average Bonchev–Trinajstić information content (AvgIpc) is 3.33. The Labute approximate surface area is 135 Å². The molecule has 0 N–H and O–H groups in total. The zero-order valence-corrected chi connectivity index (χ0v) is 12.7. The standard InChI is InChI=1S/C16H11N3O3S/c1-2-5-11(6-3-1)14-9-12(19-22-14)10-23-16-18-17-15(21-16)13-7-4-8-20-13/h1-9H,10H2. The normalized spacial score (nSPS) is 11.0. The van der Waals surface area contributed by atoms with E-state index >= 15 is 0 Å². The molecule has 0 saturated heterocycles. The molecule has 7 heteroatoms. The predicted molar refractivity (Wildman–Crippen MR) is 83.5 cm³/mol. The first kappa shape index (κ1) is 13.8. The molecule has 0 amide bonds. The highest BCUT2D eigenvalue weighted by molar-refractivity contribution is 7.98. The largest absolute Gasteiger partial charge is 0.459 e. The highest BCUT2D eigenvalue weighted by Gasteiger charge is 2.13. The van der Waals surface area contributed by atoms with Crippen molar-refractivity contribution in [2.75, 3.05) is 0 Å². The van der Waals surface area contributed by atoms with Crippen molar-refractivity contribution in [1.82, 2.24) is 15.4 Å². The summed E-state index contributed by atoms with van der Waals surface area (Å²) < 4.78 is 16.1. The molecule has 0 spiro atoms. The fourth-order valence-electron chi connectivity index (χ4n) is 2.02. The van der Waals surface area contributed by atoms with E-state index in [-0.39, 0.29) is 0 Å². The summed E-state index contributed by atoms with van der Waals surface area (Å²) in [5, 5.41) is 12.4. The average molecular weight is 325 g/mol. The minimum absolute atomic E-state index is 0.364. The van der Waals surface area contributed by atoms with Crippen LogP contribution in [-0.2, 0) is 5.75 Å². The third kappa shape index (κ3) is 3.04. The Balaban J connectivity index is 1.43. The van der Waals surface area contributed by atoms with E-state index in [2.05, 4.69) is 15.4 Å². The molecule has 0 aliphatic rings. The Morgan fingerprint density at radius 1 is 0.957 bits per heavy atom. The van der Waals surface area contributed by atoms with E-state index in [1.165, 1.54) is 11.8 Å². The van der Waals surface area contributed by atoms with Gasteiger partial charge >= 0.3 is 0 Å². The third-order valence-corrected chi connectivity index (χ3v) is 3.95. The van der Waals surface area contributed by atoms with Crippen LogP contribution in [0.4, 0.5) is 0 Å². The van der Waals surface area contributed by atoms with Gasteiger partial charge in [-0.15, -0.1) is 10.2 Å². The molecule has 23 heavy (non-hydrogen) atoms. The predicted octanol–water partition coefficient (Wildman–Crippen LogP) is 4.28. The van der Waals surface area contributed by atoms with Crippen molar-refractivity contribution in [1.29, 1.82) is 0 Å². The Bertz CT molecular complexity index is 884. The zero-order valence-electron chi connectivity index (χ0n) is 11.9. The number of thioether (sulfide) groups is 1. The number of aromatic nitrogens is 3. The molecule has 3 heterocycles. The summed E-state index contributed by atoms with van der Waals surface area (Å²) in [7, 11) is 0. The van der Waals surface area contributed by atoms with Gasteiger partial charge in [-0.2, -0.15) is 0 Å². The first-order valence-electron chi connectivity index (χ1n) is 6.90. The molecular formula is C16H11N3O3S. The van der Waals surface area contributed by atoms with Gasteiger partial charge in [-0.05, 0) is 12.1 Å². The van der Waals surface area contributed by atoms with Gasteiger partial charge in [0, 0.05) is 17.4 Å². The Morgan fingerprint density at radius 2 is 1.87 bits per heavy atom. The van der Waals surface area contributed by atoms with Crippen LogP contribution in [0.2, 0.25) is 0 Å². The van der Waals surface area contributed by atoms with Crippen molar-refractivity contribution < 1.29 is 13.4 Å². The van der Waals surface area contributed by atoms with E-state index in [4.69, 9.17) is 13.4 Å². The lowest BCUT2D eigenvalue weighted by atomic mass is 10.2. The summed E-state index contributed by atoms with van der Waals surface area (Å²) >= 11 is 1.40. The summed E-state index contributed by atoms with van der Waals surface area (Å²) in [5.41, 5.74) is 1.81. The fraction of sp³-hybridized carbons (Fsp3) is 0.0625. The number of hydrogen-bond donors (Lipinski definition) is 0. The summed E-state index contributed by atoms with van der Waals surface area (Å²) in [4.78, 5) is 0. The second-order valence-electron chi connectivity index (χ2n) is 4.69. The Kier molecular flexibility index (Phi) is 3.69. The number of furan rings is 1. The second-order valence-corrected chi connectivity index (χ2v) is 5.61. The van der Waals surface area contributed by atoms with E-state index in [1.54, 1.807) is 18.4 Å². The molecule has 0 atom stereocenters. The van der Waals surface area contributed by atoms with Crippen molar-refractivity contribution in [3.8, 4) is 23.0 Å². The van der Waals surface area contributed by atoms with Gasteiger partial charge in [0.1, 0.15) is 0 Å². The molecule has 0 aliphatic carbocycles. The van der Waals surface area contributed by atoms with Crippen LogP contribution >= 0.6 is 11.8 Å². The maximum absolute atomic E-state index is 5.53. The molecule has 4 aromatic rings. The van der Waals surface area contributed by atoms with Crippen LogP contribution in [0.5, 0.6) is 0 Å². The summed E-state index contributed by atoms with van der Waals surface area (Å²) in [6.45, 7) is 0. The van der Waals surface area contributed by atoms with Gasteiger partial charge in [-0.25, -0.2) is 0 Å². The Hall–Kier alpha value is -2.80. The third-order valence-electron chi connectivity index (χ3n) is 3.10. The highest BCUT2D eigenvalue weighted by Crippen LogP contribution is 2.27. The molecule has 0 fully saturated rings. The summed E-state index contributed by atoms with van der Waals surface area (Å²) in [6.07, 6.45) is 1.56. The quantitative estimate of drug-likeness (QED) is 0.507. The lowest BCUT2D eigenvalue weighted by Gasteiger charge is -1.92. The van der Waals surface area contributed by atoms with Crippen LogP contribution in [0, 0.1) is 0 Å². The highest BCUT2D eigenvalue weighted by atomic mass is 32.2. The SMILES string of the molecule is c1ccc(-c2cc(CSc3nnc(-c4ccco4)o3)no2)cc1. The van der Waals surface area contributed by atoms with Crippen molar-refractivity contribution in [3.05, 3.63) is 60.5 Å². The van der Waals surface area contributed by atoms with Crippen LogP contribution in [0.25, 0.3) is 23.0 Å². The second kappa shape index (κ2) is 6.13. The molecule has 0 saturated carbocycles. The first-order valence-corrected chi connectivity index (χ1v) is 7.88. The molecule has 3 aromatic heterocycles. The molecule has 6 nitrogen and oxygen atoms in total. The monoisotopic (exact) mass is 325 g/mol. The van der Waals surface area contributed by atoms with E-state index in [0.29, 0.717) is 22.6 Å². The van der Waals surface area contributed by atoms with E-state index in [1.807, 2.05) is 36.4 Å². The van der Waals surface area contributed by atoms with Gasteiger partial charge < -0.3 is 13.4 Å². The van der Waals surface area contributed by atoms with Gasteiger partial charge in [0.15, 0.2) is 11.5 Å². The number of nitrogens with zero attached hydrogens (tertiary/aromatic N) is 3. The van der Waals surface area contributed by atoms with E-state index in [0.717, 1.165) is 17.0 Å². The topological polar surface area (TPSA) is 78.1 Å². The number of hydrogen-bond acceptors (Lipinski definition) is 7. The van der Waals surface area contributed by atoms with Gasteiger partial charge in [0.25, 0.3) is 11.1 Å². The van der Waals surface area contributed by atoms with Gasteiger partial charge in [0.05, 0.1) is 12.0 Å². The van der Waals surface area contributed by atoms with Crippen LogP contribution in [0.15, 0.2) is 73.4 Å². The molecule has 4 rings (SSSR count). The summed E-state index contributed by atoms with van der Waals surface area (Å²) in [5.74, 6) is 2.23. The molecule has 1 aromatic carbocycles. The smallest absolute Gasteiger partial charge is 0.284 e. The van der Waals surface area contributed by atoms with Crippen LogP contribution in [-0.4, -0.2) is 15.4 Å². The lowest BCUT2D eigenvalue weighted by molar-refractivity contribution is 0.426. The lowest BCUT2D eigenvalue weighted by Crippen LogP contribution is -1.79. The maximum atomic E-state index is 5.53. The number of benzene rings is 1. The summed E-state index contributed by atoms with van der Waals surface area (Å²) in [6, 6.07) is 15.3. The van der Waals surface area contributed by atoms with Gasteiger partial charge in [-0.1, -0.05) is 47.3 Å². The van der Waals surface area contributed by atoms with Crippen molar-refractivity contribution >= 4 is 11.8 Å². The van der Waals surface area contributed by atoms with Crippen molar-refractivity contribution in [2.24, 2.45) is 0 Å². The van der Waals surface area contributed by atoms with Crippen LogP contribution in [0.3, 0.4) is 0 Å². The maximum Gasteiger partial charge on any atom is 0.284 e.